The summed E-state index contributed by atoms with van der Waals surface area (Å²) >= 11 is 6.10. The number of para-hydroxylation sites is 1. The molecule has 18 heavy (non-hydrogen) atoms. The molecular formula is C15H13ClO2. The van der Waals surface area contributed by atoms with Gasteiger partial charge in [0, 0.05) is 12.0 Å². The second-order valence-electron chi connectivity index (χ2n) is 3.84. The predicted octanol–water partition coefficient (Wildman–Crippen LogP) is 4.73. The SMILES string of the molecule is CCC(=O)c1ccc(Oc2ccccc2)c(Cl)c1. The van der Waals surface area contributed by atoms with E-state index in [9.17, 15) is 4.79 Å². The number of carbonyl (C=O) groups is 1. The van der Waals surface area contributed by atoms with Gasteiger partial charge in [0.05, 0.1) is 5.02 Å². The quantitative estimate of drug-likeness (QED) is 0.743. The minimum Gasteiger partial charge on any atom is -0.456 e. The molecule has 0 radical (unpaired) electrons. The standard InChI is InChI=1S/C15H13ClO2/c1-2-14(17)11-8-9-15(13(16)10-11)18-12-6-4-3-5-7-12/h3-10H,2H2,1H3. The third-order valence-corrected chi connectivity index (χ3v) is 2.84. The molecule has 2 aromatic rings. The maximum absolute atomic E-state index is 11.5. The fraction of sp³-hybridized carbons (Fsp3) is 0.133. The first-order chi connectivity index (χ1) is 8.70. The normalized spacial score (nSPS) is 10.1. The Morgan fingerprint density at radius 2 is 1.89 bits per heavy atom. The van der Waals surface area contributed by atoms with Crippen molar-refractivity contribution in [3.8, 4) is 11.5 Å². The molecule has 0 spiro atoms. The van der Waals surface area contributed by atoms with E-state index in [-0.39, 0.29) is 5.78 Å². The number of halogens is 1. The summed E-state index contributed by atoms with van der Waals surface area (Å²) in [7, 11) is 0. The smallest absolute Gasteiger partial charge is 0.162 e. The first kappa shape index (κ1) is 12.7. The van der Waals surface area contributed by atoms with Gasteiger partial charge in [-0.1, -0.05) is 36.7 Å². The molecule has 2 rings (SSSR count). The highest BCUT2D eigenvalue weighted by Crippen LogP contribution is 2.30. The average molecular weight is 261 g/mol. The maximum Gasteiger partial charge on any atom is 0.162 e. The summed E-state index contributed by atoms with van der Waals surface area (Å²) in [5.74, 6) is 1.34. The summed E-state index contributed by atoms with van der Waals surface area (Å²) in [5, 5.41) is 0.443. The van der Waals surface area contributed by atoms with E-state index in [0.29, 0.717) is 28.5 Å². The fourth-order valence-corrected chi connectivity index (χ4v) is 1.80. The molecule has 92 valence electrons. The molecule has 0 amide bonds. The Kier molecular flexibility index (Phi) is 4.00. The Labute approximate surface area is 111 Å². The molecule has 0 saturated heterocycles. The number of benzene rings is 2. The van der Waals surface area contributed by atoms with Crippen LogP contribution in [-0.2, 0) is 0 Å². The van der Waals surface area contributed by atoms with Crippen molar-refractivity contribution in [3.05, 3.63) is 59.1 Å². The minimum absolute atomic E-state index is 0.0724. The Morgan fingerprint density at radius 1 is 1.17 bits per heavy atom. The summed E-state index contributed by atoms with van der Waals surface area (Å²) in [6.07, 6.45) is 0.467. The molecule has 0 aliphatic heterocycles. The van der Waals surface area contributed by atoms with Gasteiger partial charge in [0.25, 0.3) is 0 Å². The fourth-order valence-electron chi connectivity index (χ4n) is 1.58. The molecule has 0 bridgehead atoms. The van der Waals surface area contributed by atoms with Gasteiger partial charge in [-0.25, -0.2) is 0 Å². The Balaban J connectivity index is 2.23. The van der Waals surface area contributed by atoms with Crippen molar-refractivity contribution in [1.29, 1.82) is 0 Å². The van der Waals surface area contributed by atoms with Crippen LogP contribution in [0.1, 0.15) is 23.7 Å². The van der Waals surface area contributed by atoms with Crippen LogP contribution in [0.5, 0.6) is 11.5 Å². The Morgan fingerprint density at radius 3 is 2.50 bits per heavy atom. The molecule has 0 N–H and O–H groups in total. The zero-order valence-electron chi connectivity index (χ0n) is 10.0. The van der Waals surface area contributed by atoms with Crippen molar-refractivity contribution in [3.63, 3.8) is 0 Å². The van der Waals surface area contributed by atoms with Gasteiger partial charge < -0.3 is 4.74 Å². The van der Waals surface area contributed by atoms with E-state index in [0.717, 1.165) is 0 Å². The topological polar surface area (TPSA) is 26.3 Å². The van der Waals surface area contributed by atoms with Gasteiger partial charge in [-0.05, 0) is 30.3 Å². The van der Waals surface area contributed by atoms with Crippen LogP contribution in [0.4, 0.5) is 0 Å². The number of Topliss-reactive ketones (excluding diaryl/α,β-unsaturated/α-hetero) is 1. The van der Waals surface area contributed by atoms with Crippen LogP contribution in [0.2, 0.25) is 5.02 Å². The number of ether oxygens (including phenoxy) is 1. The van der Waals surface area contributed by atoms with Gasteiger partial charge in [0.1, 0.15) is 11.5 Å². The van der Waals surface area contributed by atoms with Crippen LogP contribution in [-0.4, -0.2) is 5.78 Å². The molecule has 2 nitrogen and oxygen atoms in total. The van der Waals surface area contributed by atoms with Crippen molar-refractivity contribution in [2.45, 2.75) is 13.3 Å². The molecule has 0 unspecified atom stereocenters. The molecule has 2 aromatic carbocycles. The molecule has 3 heteroatoms. The largest absolute Gasteiger partial charge is 0.456 e. The second-order valence-corrected chi connectivity index (χ2v) is 4.24. The van der Waals surface area contributed by atoms with Crippen molar-refractivity contribution in [1.82, 2.24) is 0 Å². The molecule has 0 aromatic heterocycles. The number of ketones is 1. The molecule has 0 fully saturated rings. The number of hydrogen-bond acceptors (Lipinski definition) is 2. The predicted molar refractivity (Wildman–Crippen MR) is 72.6 cm³/mol. The minimum atomic E-state index is 0.0724. The van der Waals surface area contributed by atoms with Crippen molar-refractivity contribution >= 4 is 17.4 Å². The first-order valence-corrected chi connectivity index (χ1v) is 6.14. The van der Waals surface area contributed by atoms with Gasteiger partial charge >= 0.3 is 0 Å². The van der Waals surface area contributed by atoms with Crippen LogP contribution in [0, 0.1) is 0 Å². The highest BCUT2D eigenvalue weighted by molar-refractivity contribution is 6.32. The van der Waals surface area contributed by atoms with Crippen molar-refractivity contribution in [2.75, 3.05) is 0 Å². The number of hydrogen-bond donors (Lipinski definition) is 0. The number of carbonyl (C=O) groups excluding carboxylic acids is 1. The van der Waals surface area contributed by atoms with E-state index in [1.165, 1.54) is 0 Å². The summed E-state index contributed by atoms with van der Waals surface area (Å²) in [4.78, 5) is 11.5. The van der Waals surface area contributed by atoms with Crippen molar-refractivity contribution in [2.24, 2.45) is 0 Å². The van der Waals surface area contributed by atoms with Crippen LogP contribution in [0.3, 0.4) is 0 Å². The highest BCUT2D eigenvalue weighted by atomic mass is 35.5. The van der Waals surface area contributed by atoms with Crippen LogP contribution >= 0.6 is 11.6 Å². The van der Waals surface area contributed by atoms with Crippen LogP contribution in [0.15, 0.2) is 48.5 Å². The van der Waals surface area contributed by atoms with Gasteiger partial charge in [-0.15, -0.1) is 0 Å². The lowest BCUT2D eigenvalue weighted by Crippen LogP contribution is -1.96. The summed E-state index contributed by atoms with van der Waals surface area (Å²) in [6.45, 7) is 1.82. The Hall–Kier alpha value is -1.80. The molecule has 0 aliphatic carbocycles. The second kappa shape index (κ2) is 5.69. The highest BCUT2D eigenvalue weighted by Gasteiger charge is 2.08. The van der Waals surface area contributed by atoms with Crippen molar-refractivity contribution < 1.29 is 9.53 Å². The van der Waals surface area contributed by atoms with Gasteiger partial charge in [0.2, 0.25) is 0 Å². The summed E-state index contributed by atoms with van der Waals surface area (Å²) in [6, 6.07) is 14.5. The summed E-state index contributed by atoms with van der Waals surface area (Å²) < 4.78 is 5.63. The third-order valence-electron chi connectivity index (χ3n) is 2.55. The maximum atomic E-state index is 11.5. The molecule has 0 atom stereocenters. The Bertz CT molecular complexity index is 550. The molecule has 0 saturated carbocycles. The van der Waals surface area contributed by atoms with Gasteiger partial charge in [-0.2, -0.15) is 0 Å². The first-order valence-electron chi connectivity index (χ1n) is 5.76. The number of rotatable bonds is 4. The monoisotopic (exact) mass is 260 g/mol. The third kappa shape index (κ3) is 2.90. The van der Waals surface area contributed by atoms with E-state index >= 15 is 0 Å². The lowest BCUT2D eigenvalue weighted by Gasteiger charge is -2.08. The van der Waals surface area contributed by atoms with Gasteiger partial charge in [0.15, 0.2) is 5.78 Å². The zero-order valence-corrected chi connectivity index (χ0v) is 10.8. The van der Waals surface area contributed by atoms with E-state index in [2.05, 4.69) is 0 Å². The van der Waals surface area contributed by atoms with E-state index in [4.69, 9.17) is 16.3 Å². The lowest BCUT2D eigenvalue weighted by atomic mass is 10.1. The van der Waals surface area contributed by atoms with E-state index in [1.807, 2.05) is 37.3 Å². The zero-order chi connectivity index (χ0) is 13.0. The molecule has 0 aliphatic rings. The molecular weight excluding hydrogens is 248 g/mol. The van der Waals surface area contributed by atoms with Crippen LogP contribution in [0.25, 0.3) is 0 Å². The van der Waals surface area contributed by atoms with E-state index < -0.39 is 0 Å². The summed E-state index contributed by atoms with van der Waals surface area (Å²) in [5.41, 5.74) is 0.614. The van der Waals surface area contributed by atoms with E-state index in [1.54, 1.807) is 18.2 Å². The average Bonchev–Trinajstić information content (AvgIpc) is 2.41. The molecule has 0 heterocycles. The lowest BCUT2D eigenvalue weighted by molar-refractivity contribution is 0.0988. The van der Waals surface area contributed by atoms with Crippen LogP contribution < -0.4 is 4.74 Å². The van der Waals surface area contributed by atoms with Gasteiger partial charge in [-0.3, -0.25) is 4.79 Å².